The second-order valence-corrected chi connectivity index (χ2v) is 4.70. The Balaban J connectivity index is 1.98. The Morgan fingerprint density at radius 1 is 1.26 bits per heavy atom. The molecule has 5 nitrogen and oxygen atoms in total. The molecule has 0 aliphatic rings. The SMILES string of the molecule is Cn1ccnc1CC(O)c1nn(C)c2ccccc12. The standard InChI is InChI=1S/C14H16N4O/c1-17-8-7-15-13(17)9-12(19)14-10-5-3-4-6-11(10)18(2)16-14/h3-8,12,19H,9H2,1-2H3. The van der Waals surface area contributed by atoms with Crippen LogP contribution in [0, 0.1) is 0 Å². The van der Waals surface area contributed by atoms with E-state index in [1.807, 2.05) is 49.1 Å². The van der Waals surface area contributed by atoms with Crippen molar-refractivity contribution in [1.29, 1.82) is 0 Å². The molecule has 1 atom stereocenters. The van der Waals surface area contributed by atoms with Crippen LogP contribution in [0.5, 0.6) is 0 Å². The van der Waals surface area contributed by atoms with Crippen molar-refractivity contribution in [3.63, 3.8) is 0 Å². The number of rotatable bonds is 3. The lowest BCUT2D eigenvalue weighted by Crippen LogP contribution is -2.08. The molecule has 98 valence electrons. The molecule has 0 saturated carbocycles. The van der Waals surface area contributed by atoms with Crippen LogP contribution in [0.4, 0.5) is 0 Å². The second-order valence-electron chi connectivity index (χ2n) is 4.70. The maximum Gasteiger partial charge on any atom is 0.111 e. The molecule has 3 rings (SSSR count). The van der Waals surface area contributed by atoms with Crippen LogP contribution in [0.2, 0.25) is 0 Å². The van der Waals surface area contributed by atoms with E-state index in [4.69, 9.17) is 0 Å². The predicted octanol–water partition coefficient (Wildman–Crippen LogP) is 1.58. The summed E-state index contributed by atoms with van der Waals surface area (Å²) in [5.74, 6) is 0.849. The highest BCUT2D eigenvalue weighted by atomic mass is 16.3. The van der Waals surface area contributed by atoms with E-state index >= 15 is 0 Å². The van der Waals surface area contributed by atoms with Gasteiger partial charge < -0.3 is 9.67 Å². The fourth-order valence-corrected chi connectivity index (χ4v) is 2.35. The average Bonchev–Trinajstić information content (AvgIpc) is 2.95. The first-order chi connectivity index (χ1) is 9.16. The lowest BCUT2D eigenvalue weighted by atomic mass is 10.1. The Morgan fingerprint density at radius 3 is 2.79 bits per heavy atom. The molecule has 2 heterocycles. The lowest BCUT2D eigenvalue weighted by Gasteiger charge is -2.08. The van der Waals surface area contributed by atoms with Gasteiger partial charge in [-0.2, -0.15) is 5.10 Å². The number of nitrogens with zero attached hydrogens (tertiary/aromatic N) is 4. The molecule has 5 heteroatoms. The van der Waals surface area contributed by atoms with Gasteiger partial charge in [0.2, 0.25) is 0 Å². The summed E-state index contributed by atoms with van der Waals surface area (Å²) >= 11 is 0. The molecule has 1 N–H and O–H groups in total. The molecule has 2 aromatic heterocycles. The molecule has 0 spiro atoms. The normalized spacial score (nSPS) is 13.0. The fraction of sp³-hybridized carbons (Fsp3) is 0.286. The Kier molecular flexibility index (Phi) is 2.83. The summed E-state index contributed by atoms with van der Waals surface area (Å²) in [6.45, 7) is 0. The number of aliphatic hydroxyl groups excluding tert-OH is 1. The van der Waals surface area contributed by atoms with E-state index in [2.05, 4.69) is 10.1 Å². The van der Waals surface area contributed by atoms with Crippen molar-refractivity contribution in [2.24, 2.45) is 14.1 Å². The zero-order valence-electron chi connectivity index (χ0n) is 11.0. The zero-order chi connectivity index (χ0) is 13.4. The highest BCUT2D eigenvalue weighted by Gasteiger charge is 2.18. The summed E-state index contributed by atoms with van der Waals surface area (Å²) in [7, 11) is 3.81. The number of benzene rings is 1. The van der Waals surface area contributed by atoms with Crippen LogP contribution in [-0.4, -0.2) is 24.4 Å². The molecule has 19 heavy (non-hydrogen) atoms. The molecular weight excluding hydrogens is 240 g/mol. The highest BCUT2D eigenvalue weighted by Crippen LogP contribution is 2.25. The summed E-state index contributed by atoms with van der Waals surface area (Å²) in [5, 5.41) is 15.8. The monoisotopic (exact) mass is 256 g/mol. The summed E-state index contributed by atoms with van der Waals surface area (Å²) in [5.41, 5.74) is 1.73. The van der Waals surface area contributed by atoms with E-state index in [-0.39, 0.29) is 0 Å². The maximum absolute atomic E-state index is 10.4. The maximum atomic E-state index is 10.4. The van der Waals surface area contributed by atoms with Crippen molar-refractivity contribution in [3.8, 4) is 0 Å². The van der Waals surface area contributed by atoms with E-state index in [0.717, 1.165) is 16.7 Å². The van der Waals surface area contributed by atoms with Gasteiger partial charge in [-0.15, -0.1) is 0 Å². The number of fused-ring (bicyclic) bond motifs is 1. The minimum Gasteiger partial charge on any atom is -0.386 e. The van der Waals surface area contributed by atoms with Crippen LogP contribution < -0.4 is 0 Å². The van der Waals surface area contributed by atoms with Crippen molar-refractivity contribution in [2.45, 2.75) is 12.5 Å². The highest BCUT2D eigenvalue weighted by molar-refractivity contribution is 5.82. The summed E-state index contributed by atoms with van der Waals surface area (Å²) in [4.78, 5) is 4.24. The largest absolute Gasteiger partial charge is 0.386 e. The Bertz CT molecular complexity index is 713. The Hall–Kier alpha value is -2.14. The van der Waals surface area contributed by atoms with Gasteiger partial charge >= 0.3 is 0 Å². The number of aliphatic hydroxyl groups is 1. The van der Waals surface area contributed by atoms with Crippen molar-refractivity contribution in [3.05, 3.63) is 48.2 Å². The van der Waals surface area contributed by atoms with Crippen LogP contribution in [0.25, 0.3) is 10.9 Å². The fourth-order valence-electron chi connectivity index (χ4n) is 2.35. The molecule has 1 unspecified atom stereocenters. The topological polar surface area (TPSA) is 55.9 Å². The van der Waals surface area contributed by atoms with Gasteiger partial charge in [0.15, 0.2) is 0 Å². The van der Waals surface area contributed by atoms with Crippen molar-refractivity contribution in [2.75, 3.05) is 0 Å². The minimum absolute atomic E-state index is 0.463. The van der Waals surface area contributed by atoms with Crippen LogP contribution in [0.1, 0.15) is 17.6 Å². The van der Waals surface area contributed by atoms with Gasteiger partial charge in [-0.1, -0.05) is 18.2 Å². The molecule has 0 aliphatic carbocycles. The van der Waals surface area contributed by atoms with Crippen LogP contribution in [0.3, 0.4) is 0 Å². The molecule has 0 bridgehead atoms. The van der Waals surface area contributed by atoms with Crippen LogP contribution in [-0.2, 0) is 20.5 Å². The molecule has 0 amide bonds. The summed E-state index contributed by atoms with van der Waals surface area (Å²) < 4.78 is 3.71. The number of para-hydroxylation sites is 1. The first-order valence-corrected chi connectivity index (χ1v) is 6.22. The van der Waals surface area contributed by atoms with Crippen molar-refractivity contribution >= 4 is 10.9 Å². The molecule has 0 radical (unpaired) electrons. The summed E-state index contributed by atoms with van der Waals surface area (Å²) in [6.07, 6.45) is 3.42. The van der Waals surface area contributed by atoms with Gasteiger partial charge in [-0.05, 0) is 6.07 Å². The van der Waals surface area contributed by atoms with Gasteiger partial charge in [-0.25, -0.2) is 4.98 Å². The van der Waals surface area contributed by atoms with Gasteiger partial charge in [-0.3, -0.25) is 4.68 Å². The third-order valence-electron chi connectivity index (χ3n) is 3.40. The van der Waals surface area contributed by atoms with Crippen LogP contribution in [0.15, 0.2) is 36.7 Å². The van der Waals surface area contributed by atoms with Gasteiger partial charge in [0, 0.05) is 38.3 Å². The van der Waals surface area contributed by atoms with E-state index < -0.39 is 6.10 Å². The lowest BCUT2D eigenvalue weighted by molar-refractivity contribution is 0.170. The predicted molar refractivity (Wildman–Crippen MR) is 72.6 cm³/mol. The van der Waals surface area contributed by atoms with Gasteiger partial charge in [0.05, 0.1) is 11.2 Å². The van der Waals surface area contributed by atoms with Gasteiger partial charge in [0.1, 0.15) is 11.9 Å². The first kappa shape index (κ1) is 11.9. The Morgan fingerprint density at radius 2 is 2.05 bits per heavy atom. The smallest absolute Gasteiger partial charge is 0.111 e. The molecule has 0 fully saturated rings. The third-order valence-corrected chi connectivity index (χ3v) is 3.40. The van der Waals surface area contributed by atoms with E-state index in [1.54, 1.807) is 10.9 Å². The van der Waals surface area contributed by atoms with Gasteiger partial charge in [0.25, 0.3) is 0 Å². The van der Waals surface area contributed by atoms with Crippen molar-refractivity contribution in [1.82, 2.24) is 19.3 Å². The Labute approximate surface area is 111 Å². The molecular formula is C14H16N4O. The van der Waals surface area contributed by atoms with Crippen molar-refractivity contribution < 1.29 is 5.11 Å². The van der Waals surface area contributed by atoms with Crippen LogP contribution >= 0.6 is 0 Å². The molecule has 0 saturated heterocycles. The number of hydrogen-bond donors (Lipinski definition) is 1. The minimum atomic E-state index is -0.646. The van der Waals surface area contributed by atoms with E-state index in [0.29, 0.717) is 12.1 Å². The number of hydrogen-bond acceptors (Lipinski definition) is 3. The quantitative estimate of drug-likeness (QED) is 0.774. The average molecular weight is 256 g/mol. The molecule has 0 aliphatic heterocycles. The molecule has 3 aromatic rings. The number of imidazole rings is 1. The van der Waals surface area contributed by atoms with E-state index in [9.17, 15) is 5.11 Å². The third kappa shape index (κ3) is 2.02. The second kappa shape index (κ2) is 4.51. The molecule has 1 aromatic carbocycles. The number of aromatic nitrogens is 4. The summed E-state index contributed by atoms with van der Waals surface area (Å²) in [6, 6.07) is 7.92. The number of aryl methyl sites for hydroxylation is 2. The zero-order valence-corrected chi connectivity index (χ0v) is 11.0. The first-order valence-electron chi connectivity index (χ1n) is 6.22. The van der Waals surface area contributed by atoms with E-state index in [1.165, 1.54) is 0 Å².